The Labute approximate surface area is 163 Å². The molecule has 1 unspecified atom stereocenters. The van der Waals surface area contributed by atoms with Gasteiger partial charge in [0.15, 0.2) is 6.61 Å². The third-order valence-corrected chi connectivity index (χ3v) is 5.32. The maximum Gasteiger partial charge on any atom is 0.338 e. The van der Waals surface area contributed by atoms with E-state index in [4.69, 9.17) is 9.47 Å². The van der Waals surface area contributed by atoms with Gasteiger partial charge in [-0.15, -0.1) is 11.3 Å². The van der Waals surface area contributed by atoms with Gasteiger partial charge in [0, 0.05) is 18.0 Å². The molecule has 0 bridgehead atoms. The Balaban J connectivity index is 1.53. The highest BCUT2D eigenvalue weighted by Crippen LogP contribution is 2.20. The predicted molar refractivity (Wildman–Crippen MR) is 103 cm³/mol. The number of carbonyl (C=O) groups is 2. The fraction of sp³-hybridized carbons (Fsp3) is 0.450. The van der Waals surface area contributed by atoms with Crippen molar-refractivity contribution in [3.8, 4) is 5.75 Å². The van der Waals surface area contributed by atoms with Gasteiger partial charge in [-0.3, -0.25) is 4.79 Å². The van der Waals surface area contributed by atoms with E-state index in [9.17, 15) is 9.59 Å². The Morgan fingerprint density at radius 3 is 3.00 bits per heavy atom. The first kappa shape index (κ1) is 19.4. The maximum absolute atomic E-state index is 12.4. The topological polar surface area (TPSA) is 68.7 Å². The van der Waals surface area contributed by atoms with Gasteiger partial charge < -0.3 is 14.4 Å². The summed E-state index contributed by atoms with van der Waals surface area (Å²) >= 11 is 1.50. The maximum atomic E-state index is 12.4. The van der Waals surface area contributed by atoms with Gasteiger partial charge in [0.2, 0.25) is 0 Å². The van der Waals surface area contributed by atoms with Crippen LogP contribution in [0.5, 0.6) is 5.75 Å². The molecule has 0 aliphatic carbocycles. The molecule has 1 atom stereocenters. The predicted octanol–water partition coefficient (Wildman–Crippen LogP) is 3.67. The number of ether oxygens (including phenoxy) is 2. The highest BCUT2D eigenvalue weighted by molar-refractivity contribution is 7.07. The van der Waals surface area contributed by atoms with Gasteiger partial charge in [0.1, 0.15) is 12.4 Å². The van der Waals surface area contributed by atoms with Crippen molar-refractivity contribution in [1.29, 1.82) is 0 Å². The van der Waals surface area contributed by atoms with E-state index >= 15 is 0 Å². The number of likely N-dealkylation sites (tertiary alicyclic amines) is 1. The summed E-state index contributed by atoms with van der Waals surface area (Å²) < 4.78 is 10.9. The number of thiazole rings is 1. The van der Waals surface area contributed by atoms with E-state index in [0.29, 0.717) is 17.9 Å². The zero-order valence-corrected chi connectivity index (χ0v) is 16.2. The molecule has 1 fully saturated rings. The summed E-state index contributed by atoms with van der Waals surface area (Å²) in [5, 5.41) is 1.91. The van der Waals surface area contributed by atoms with Gasteiger partial charge in [-0.25, -0.2) is 9.78 Å². The quantitative estimate of drug-likeness (QED) is 0.677. The van der Waals surface area contributed by atoms with Crippen LogP contribution in [0.25, 0.3) is 0 Å². The van der Waals surface area contributed by atoms with Gasteiger partial charge in [-0.1, -0.05) is 13.0 Å². The number of hydrogen-bond donors (Lipinski definition) is 0. The molecule has 144 valence electrons. The van der Waals surface area contributed by atoms with Crippen molar-refractivity contribution >= 4 is 23.2 Å². The number of esters is 1. The minimum Gasteiger partial charge on any atom is -0.487 e. The molecule has 1 saturated heterocycles. The van der Waals surface area contributed by atoms with Crippen LogP contribution >= 0.6 is 11.3 Å². The van der Waals surface area contributed by atoms with Crippen molar-refractivity contribution in [2.24, 2.45) is 0 Å². The van der Waals surface area contributed by atoms with Crippen LogP contribution in [0, 0.1) is 0 Å². The summed E-state index contributed by atoms with van der Waals surface area (Å²) in [6.45, 7) is 2.95. The zero-order chi connectivity index (χ0) is 19.1. The minimum atomic E-state index is -0.521. The van der Waals surface area contributed by atoms with E-state index in [2.05, 4.69) is 11.9 Å². The van der Waals surface area contributed by atoms with Crippen LogP contribution < -0.4 is 4.74 Å². The second-order valence-corrected chi connectivity index (χ2v) is 7.24. The van der Waals surface area contributed by atoms with Crippen molar-refractivity contribution in [2.45, 2.75) is 45.3 Å². The Morgan fingerprint density at radius 2 is 2.22 bits per heavy atom. The number of benzene rings is 1. The number of amides is 1. The van der Waals surface area contributed by atoms with Crippen LogP contribution in [0.15, 0.2) is 35.2 Å². The second kappa shape index (κ2) is 9.50. The second-order valence-electron chi connectivity index (χ2n) is 6.52. The first-order valence-electron chi connectivity index (χ1n) is 9.24. The molecule has 0 spiro atoms. The Hall–Kier alpha value is -2.41. The number of carbonyl (C=O) groups excluding carboxylic acids is 2. The SMILES string of the molecule is CCC1CCCCN1C(=O)COC(=O)c1cccc(OCc2cscn2)c1. The van der Waals surface area contributed by atoms with Gasteiger partial charge >= 0.3 is 5.97 Å². The molecule has 1 aromatic heterocycles. The van der Waals surface area contributed by atoms with Crippen molar-refractivity contribution < 1.29 is 19.1 Å². The highest BCUT2D eigenvalue weighted by atomic mass is 32.1. The van der Waals surface area contributed by atoms with Gasteiger partial charge in [-0.2, -0.15) is 0 Å². The van der Waals surface area contributed by atoms with Gasteiger partial charge in [-0.05, 0) is 43.9 Å². The highest BCUT2D eigenvalue weighted by Gasteiger charge is 2.26. The number of nitrogens with zero attached hydrogens (tertiary/aromatic N) is 2. The Kier molecular flexibility index (Phi) is 6.81. The Bertz CT molecular complexity index is 763. The zero-order valence-electron chi connectivity index (χ0n) is 15.4. The normalized spacial score (nSPS) is 16.8. The minimum absolute atomic E-state index is 0.120. The molecule has 2 heterocycles. The van der Waals surface area contributed by atoms with E-state index in [1.165, 1.54) is 11.3 Å². The first-order chi connectivity index (χ1) is 13.2. The van der Waals surface area contributed by atoms with Crippen molar-refractivity contribution in [2.75, 3.05) is 13.2 Å². The molecule has 2 aromatic rings. The molecule has 1 aromatic carbocycles. The number of rotatable bonds is 7. The summed E-state index contributed by atoms with van der Waals surface area (Å²) in [5.41, 5.74) is 2.95. The molecule has 0 saturated carbocycles. The van der Waals surface area contributed by atoms with Crippen molar-refractivity contribution in [3.05, 3.63) is 46.4 Å². The summed E-state index contributed by atoms with van der Waals surface area (Å²) in [5.74, 6) is -0.0794. The number of aromatic nitrogens is 1. The van der Waals surface area contributed by atoms with E-state index in [-0.39, 0.29) is 18.6 Å². The molecule has 1 aliphatic rings. The average Bonchev–Trinajstić information content (AvgIpc) is 3.24. The summed E-state index contributed by atoms with van der Waals surface area (Å²) in [6.07, 6.45) is 4.11. The lowest BCUT2D eigenvalue weighted by molar-refractivity contribution is -0.138. The van der Waals surface area contributed by atoms with Crippen LogP contribution in [0.2, 0.25) is 0 Å². The van der Waals surface area contributed by atoms with E-state index < -0.39 is 5.97 Å². The molecule has 1 aliphatic heterocycles. The van der Waals surface area contributed by atoms with Gasteiger partial charge in [0.25, 0.3) is 5.91 Å². The summed E-state index contributed by atoms with van der Waals surface area (Å²) in [4.78, 5) is 30.7. The fourth-order valence-corrected chi connectivity index (χ4v) is 3.77. The first-order valence-corrected chi connectivity index (χ1v) is 10.2. The van der Waals surface area contributed by atoms with Crippen LogP contribution in [0.1, 0.15) is 48.7 Å². The molecule has 0 radical (unpaired) electrons. The number of piperidine rings is 1. The molecular formula is C20H24N2O4S. The van der Waals surface area contributed by atoms with Crippen molar-refractivity contribution in [3.63, 3.8) is 0 Å². The molecule has 7 heteroatoms. The molecule has 0 N–H and O–H groups in total. The summed E-state index contributed by atoms with van der Waals surface area (Å²) in [7, 11) is 0. The van der Waals surface area contributed by atoms with Crippen LogP contribution in [-0.2, 0) is 16.1 Å². The van der Waals surface area contributed by atoms with E-state index in [1.807, 2.05) is 10.3 Å². The number of hydrogen-bond acceptors (Lipinski definition) is 6. The lowest BCUT2D eigenvalue weighted by atomic mass is 10.00. The lowest BCUT2D eigenvalue weighted by Crippen LogP contribution is -2.45. The smallest absolute Gasteiger partial charge is 0.338 e. The molecule has 1 amide bonds. The molecule has 3 rings (SSSR count). The third-order valence-electron chi connectivity index (χ3n) is 4.69. The average molecular weight is 388 g/mol. The Morgan fingerprint density at radius 1 is 1.33 bits per heavy atom. The largest absolute Gasteiger partial charge is 0.487 e. The molecular weight excluding hydrogens is 364 g/mol. The van der Waals surface area contributed by atoms with Gasteiger partial charge in [0.05, 0.1) is 16.8 Å². The fourth-order valence-electron chi connectivity index (χ4n) is 3.23. The van der Waals surface area contributed by atoms with Crippen LogP contribution in [0.3, 0.4) is 0 Å². The van der Waals surface area contributed by atoms with Crippen molar-refractivity contribution in [1.82, 2.24) is 9.88 Å². The molecule has 6 nitrogen and oxygen atoms in total. The van der Waals surface area contributed by atoms with E-state index in [1.54, 1.807) is 29.8 Å². The summed E-state index contributed by atoms with van der Waals surface area (Å²) in [6, 6.07) is 7.03. The van der Waals surface area contributed by atoms with E-state index in [0.717, 1.165) is 37.9 Å². The third kappa shape index (κ3) is 5.29. The standard InChI is InChI=1S/C20H24N2O4S/c1-2-17-7-3-4-9-22(17)19(23)12-26-20(24)15-6-5-8-18(10-15)25-11-16-13-27-14-21-16/h5-6,8,10,13-14,17H,2-4,7,9,11-12H2,1H3. The monoisotopic (exact) mass is 388 g/mol. The lowest BCUT2D eigenvalue weighted by Gasteiger charge is -2.35. The molecule has 27 heavy (non-hydrogen) atoms. The van der Waals surface area contributed by atoms with Crippen LogP contribution in [0.4, 0.5) is 0 Å². The van der Waals surface area contributed by atoms with Crippen LogP contribution in [-0.4, -0.2) is 41.0 Å².